The van der Waals surface area contributed by atoms with Gasteiger partial charge in [-0.2, -0.15) is 5.26 Å². The Morgan fingerprint density at radius 1 is 1.44 bits per heavy atom. The van der Waals surface area contributed by atoms with Crippen molar-refractivity contribution in [1.29, 1.82) is 5.26 Å². The van der Waals surface area contributed by atoms with Crippen LogP contribution in [0.2, 0.25) is 0 Å². The van der Waals surface area contributed by atoms with E-state index in [-0.39, 0.29) is 17.4 Å². The van der Waals surface area contributed by atoms with Crippen LogP contribution in [-0.4, -0.2) is 26.3 Å². The van der Waals surface area contributed by atoms with Crippen LogP contribution in [-0.2, 0) is 4.74 Å². The summed E-state index contributed by atoms with van der Waals surface area (Å²) in [6.07, 6.45) is 1.91. The highest BCUT2D eigenvalue weighted by atomic mass is 19.1. The number of likely N-dealkylation sites (N-methyl/N-ethyl adjacent to an activating group) is 1. The fourth-order valence-corrected chi connectivity index (χ4v) is 2.18. The van der Waals surface area contributed by atoms with Gasteiger partial charge in [0.15, 0.2) is 11.6 Å². The summed E-state index contributed by atoms with van der Waals surface area (Å²) in [7, 11) is 1.62. The van der Waals surface area contributed by atoms with Crippen molar-refractivity contribution in [3.8, 4) is 6.07 Å². The van der Waals surface area contributed by atoms with Gasteiger partial charge in [0.25, 0.3) is 0 Å². The first-order valence-corrected chi connectivity index (χ1v) is 5.83. The van der Waals surface area contributed by atoms with Crippen LogP contribution in [0.15, 0.2) is 12.1 Å². The van der Waals surface area contributed by atoms with Gasteiger partial charge in [-0.15, -0.1) is 0 Å². The maximum absolute atomic E-state index is 13.7. The maximum atomic E-state index is 13.7. The topological polar surface area (TPSA) is 36.3 Å². The van der Waals surface area contributed by atoms with Crippen molar-refractivity contribution in [2.45, 2.75) is 18.9 Å². The molecule has 96 valence electrons. The van der Waals surface area contributed by atoms with Crippen LogP contribution in [0, 0.1) is 23.0 Å². The minimum Gasteiger partial charge on any atom is -0.376 e. The van der Waals surface area contributed by atoms with Crippen molar-refractivity contribution in [1.82, 2.24) is 0 Å². The molecule has 2 rings (SSSR count). The maximum Gasteiger partial charge on any atom is 0.150 e. The predicted molar refractivity (Wildman–Crippen MR) is 63.3 cm³/mol. The lowest BCUT2D eigenvalue weighted by Gasteiger charge is -2.23. The molecule has 0 aliphatic carbocycles. The van der Waals surface area contributed by atoms with Crippen molar-refractivity contribution in [3.05, 3.63) is 29.3 Å². The minimum atomic E-state index is -0.716. The molecule has 5 heteroatoms. The molecule has 1 heterocycles. The summed E-state index contributed by atoms with van der Waals surface area (Å²) in [5, 5.41) is 8.63. The molecule has 1 aliphatic rings. The zero-order chi connectivity index (χ0) is 13.1. The Morgan fingerprint density at radius 3 is 2.61 bits per heavy atom. The number of anilines is 1. The van der Waals surface area contributed by atoms with Crippen LogP contribution in [0.5, 0.6) is 0 Å². The zero-order valence-electron chi connectivity index (χ0n) is 10.1. The fraction of sp³-hybridized carbons (Fsp3) is 0.462. The molecule has 0 N–H and O–H groups in total. The minimum absolute atomic E-state index is 0.0146. The smallest absolute Gasteiger partial charge is 0.150 e. The molecule has 18 heavy (non-hydrogen) atoms. The summed E-state index contributed by atoms with van der Waals surface area (Å²) in [4.78, 5) is 1.50. The molecule has 0 aromatic heterocycles. The van der Waals surface area contributed by atoms with Gasteiger partial charge in [0.05, 0.1) is 17.7 Å². The van der Waals surface area contributed by atoms with Crippen LogP contribution in [0.1, 0.15) is 18.4 Å². The number of hydrogen-bond acceptors (Lipinski definition) is 3. The average molecular weight is 252 g/mol. The van der Waals surface area contributed by atoms with Gasteiger partial charge in [0.1, 0.15) is 5.69 Å². The normalized spacial score (nSPS) is 18.7. The van der Waals surface area contributed by atoms with Crippen LogP contribution in [0.3, 0.4) is 0 Å². The molecule has 1 atom stereocenters. The monoisotopic (exact) mass is 252 g/mol. The van der Waals surface area contributed by atoms with E-state index in [9.17, 15) is 8.78 Å². The molecule has 0 bridgehead atoms. The number of nitrogens with zero attached hydrogens (tertiary/aromatic N) is 2. The molecule has 1 aromatic carbocycles. The molecular weight excluding hydrogens is 238 g/mol. The van der Waals surface area contributed by atoms with Gasteiger partial charge < -0.3 is 9.64 Å². The Morgan fingerprint density at radius 2 is 2.11 bits per heavy atom. The Labute approximate surface area is 105 Å². The molecule has 0 spiro atoms. The quantitative estimate of drug-likeness (QED) is 0.829. The summed E-state index contributed by atoms with van der Waals surface area (Å²) in [6, 6.07) is 3.82. The van der Waals surface area contributed by atoms with Crippen molar-refractivity contribution in [2.75, 3.05) is 25.1 Å². The number of ether oxygens (including phenoxy) is 1. The average Bonchev–Trinajstić information content (AvgIpc) is 2.80. The zero-order valence-corrected chi connectivity index (χ0v) is 10.1. The van der Waals surface area contributed by atoms with Crippen molar-refractivity contribution < 1.29 is 13.5 Å². The van der Waals surface area contributed by atoms with E-state index < -0.39 is 11.6 Å². The van der Waals surface area contributed by atoms with Gasteiger partial charge in [0.2, 0.25) is 0 Å². The Hall–Kier alpha value is -1.67. The highest BCUT2D eigenvalue weighted by Gasteiger charge is 2.21. The molecule has 1 unspecified atom stereocenters. The number of halogens is 2. The molecule has 3 nitrogen and oxygen atoms in total. The van der Waals surface area contributed by atoms with E-state index >= 15 is 0 Å². The summed E-state index contributed by atoms with van der Waals surface area (Å²) in [6.45, 7) is 1.15. The second kappa shape index (κ2) is 5.32. The third-order valence-corrected chi connectivity index (χ3v) is 3.03. The third kappa shape index (κ3) is 2.59. The largest absolute Gasteiger partial charge is 0.376 e. The second-order valence-electron chi connectivity index (χ2n) is 4.42. The Balaban J connectivity index is 2.19. The summed E-state index contributed by atoms with van der Waals surface area (Å²) in [5.74, 6) is -1.43. The van der Waals surface area contributed by atoms with Gasteiger partial charge in [0, 0.05) is 20.2 Å². The molecule has 1 aliphatic heterocycles. The summed E-state index contributed by atoms with van der Waals surface area (Å²) < 4.78 is 32.9. The Bertz CT molecular complexity index is 455. The first kappa shape index (κ1) is 12.8. The van der Waals surface area contributed by atoms with E-state index in [1.54, 1.807) is 13.1 Å². The molecule has 0 amide bonds. The van der Waals surface area contributed by atoms with Crippen LogP contribution in [0.4, 0.5) is 14.5 Å². The lowest BCUT2D eigenvalue weighted by Crippen LogP contribution is -2.30. The van der Waals surface area contributed by atoms with Crippen LogP contribution in [0.25, 0.3) is 0 Å². The highest BCUT2D eigenvalue weighted by molar-refractivity contribution is 5.52. The SMILES string of the molecule is CN(CC1CCCO1)c1c(F)cc(C#N)cc1F. The number of nitriles is 1. The van der Waals surface area contributed by atoms with Crippen LogP contribution >= 0.6 is 0 Å². The van der Waals surface area contributed by atoms with E-state index in [4.69, 9.17) is 10.00 Å². The predicted octanol–water partition coefficient (Wildman–Crippen LogP) is 2.45. The molecule has 0 saturated carbocycles. The molecule has 1 saturated heterocycles. The standard InChI is InChI=1S/C13H14F2N2O/c1-17(8-10-3-2-4-18-10)13-11(14)5-9(7-16)6-12(13)15/h5-6,10H,2-4,8H2,1H3. The van der Waals surface area contributed by atoms with E-state index in [0.717, 1.165) is 25.0 Å². The molecule has 1 fully saturated rings. The van der Waals surface area contributed by atoms with Gasteiger partial charge in [-0.3, -0.25) is 0 Å². The van der Waals surface area contributed by atoms with Gasteiger partial charge in [-0.05, 0) is 25.0 Å². The third-order valence-electron chi connectivity index (χ3n) is 3.03. The van der Waals surface area contributed by atoms with E-state index in [1.807, 2.05) is 0 Å². The molecular formula is C13H14F2N2O. The van der Waals surface area contributed by atoms with Gasteiger partial charge >= 0.3 is 0 Å². The second-order valence-corrected chi connectivity index (χ2v) is 4.42. The Kier molecular flexibility index (Phi) is 3.78. The fourth-order valence-electron chi connectivity index (χ4n) is 2.18. The van der Waals surface area contributed by atoms with E-state index in [1.165, 1.54) is 4.90 Å². The molecule has 0 radical (unpaired) electrons. The number of hydrogen-bond donors (Lipinski definition) is 0. The van der Waals surface area contributed by atoms with Crippen LogP contribution < -0.4 is 4.90 Å². The first-order chi connectivity index (χ1) is 8.61. The lowest BCUT2D eigenvalue weighted by molar-refractivity contribution is 0.116. The van der Waals surface area contributed by atoms with Crippen molar-refractivity contribution in [3.63, 3.8) is 0 Å². The number of rotatable bonds is 3. The summed E-state index contributed by atoms with van der Waals surface area (Å²) >= 11 is 0. The van der Waals surface area contributed by atoms with Gasteiger partial charge in [-0.25, -0.2) is 8.78 Å². The lowest BCUT2D eigenvalue weighted by atomic mass is 10.1. The summed E-state index contributed by atoms with van der Waals surface area (Å²) in [5.41, 5.74) is -0.122. The number of benzene rings is 1. The first-order valence-electron chi connectivity index (χ1n) is 5.83. The molecule has 1 aromatic rings. The highest BCUT2D eigenvalue weighted by Crippen LogP contribution is 2.25. The van der Waals surface area contributed by atoms with Crippen molar-refractivity contribution in [2.24, 2.45) is 0 Å². The van der Waals surface area contributed by atoms with E-state index in [0.29, 0.717) is 13.2 Å². The van der Waals surface area contributed by atoms with E-state index in [2.05, 4.69) is 0 Å². The van der Waals surface area contributed by atoms with Gasteiger partial charge in [-0.1, -0.05) is 0 Å². The van der Waals surface area contributed by atoms with Crippen molar-refractivity contribution >= 4 is 5.69 Å².